The topological polar surface area (TPSA) is 57.6 Å². The maximum absolute atomic E-state index is 13.7. The van der Waals surface area contributed by atoms with Crippen LogP contribution in [0.4, 0.5) is 4.39 Å². The minimum absolute atomic E-state index is 0.114. The maximum atomic E-state index is 13.7. The predicted molar refractivity (Wildman–Crippen MR) is 71.3 cm³/mol. The molecular formula is C15H18FNO3. The van der Waals surface area contributed by atoms with Crippen molar-refractivity contribution in [2.24, 2.45) is 11.8 Å². The van der Waals surface area contributed by atoms with Gasteiger partial charge in [0, 0.05) is 24.6 Å². The standard InChI is InChI=1S/C15H18FNO3/c1-9-7-13(18)17(10(2)14(9)15(19)20)8-11-5-3-4-6-12(11)16/h3-6,9-10,14H,7-8H2,1-2H3,(H,19,20). The molecule has 1 heterocycles. The van der Waals surface area contributed by atoms with Crippen LogP contribution in [0.15, 0.2) is 24.3 Å². The fraction of sp³-hybridized carbons (Fsp3) is 0.467. The third-order valence-electron chi connectivity index (χ3n) is 4.03. The van der Waals surface area contributed by atoms with Crippen LogP contribution < -0.4 is 0 Å². The molecular weight excluding hydrogens is 261 g/mol. The number of carbonyl (C=O) groups excluding carboxylic acids is 1. The predicted octanol–water partition coefficient (Wildman–Crippen LogP) is 2.28. The van der Waals surface area contributed by atoms with E-state index in [1.807, 2.05) is 0 Å². The number of nitrogens with zero attached hydrogens (tertiary/aromatic N) is 1. The number of hydrogen-bond acceptors (Lipinski definition) is 2. The van der Waals surface area contributed by atoms with Crippen molar-refractivity contribution in [3.05, 3.63) is 35.6 Å². The summed E-state index contributed by atoms with van der Waals surface area (Å²) in [7, 11) is 0. The summed E-state index contributed by atoms with van der Waals surface area (Å²) in [4.78, 5) is 24.9. The van der Waals surface area contributed by atoms with E-state index in [4.69, 9.17) is 0 Å². The number of carbonyl (C=O) groups is 2. The van der Waals surface area contributed by atoms with Gasteiger partial charge in [0.05, 0.1) is 5.92 Å². The van der Waals surface area contributed by atoms with Crippen LogP contribution in [0.25, 0.3) is 0 Å². The summed E-state index contributed by atoms with van der Waals surface area (Å²) in [5.41, 5.74) is 0.409. The van der Waals surface area contributed by atoms with E-state index in [2.05, 4.69) is 0 Å². The SMILES string of the molecule is CC1CC(=O)N(Cc2ccccc2F)C(C)C1C(=O)O. The van der Waals surface area contributed by atoms with Gasteiger partial charge < -0.3 is 10.0 Å². The quantitative estimate of drug-likeness (QED) is 0.923. The lowest BCUT2D eigenvalue weighted by Gasteiger charge is -2.40. The van der Waals surface area contributed by atoms with Crippen molar-refractivity contribution < 1.29 is 19.1 Å². The molecule has 0 saturated carbocycles. The van der Waals surface area contributed by atoms with Crippen molar-refractivity contribution in [1.29, 1.82) is 0 Å². The van der Waals surface area contributed by atoms with Gasteiger partial charge in [0.25, 0.3) is 0 Å². The molecule has 1 aliphatic rings. The second-order valence-electron chi connectivity index (χ2n) is 5.40. The van der Waals surface area contributed by atoms with E-state index < -0.39 is 17.9 Å². The summed E-state index contributed by atoms with van der Waals surface area (Å²) in [6.07, 6.45) is 0.190. The van der Waals surface area contributed by atoms with E-state index in [0.717, 1.165) is 0 Å². The molecule has 3 unspecified atom stereocenters. The largest absolute Gasteiger partial charge is 0.481 e. The lowest BCUT2D eigenvalue weighted by molar-refractivity contribution is -0.155. The molecule has 4 nitrogen and oxygen atoms in total. The van der Waals surface area contributed by atoms with Crippen molar-refractivity contribution in [2.45, 2.75) is 32.9 Å². The molecule has 1 aliphatic heterocycles. The van der Waals surface area contributed by atoms with Crippen molar-refractivity contribution >= 4 is 11.9 Å². The van der Waals surface area contributed by atoms with Gasteiger partial charge in [-0.3, -0.25) is 9.59 Å². The first kappa shape index (κ1) is 14.5. The maximum Gasteiger partial charge on any atom is 0.308 e. The summed E-state index contributed by atoms with van der Waals surface area (Å²) in [6, 6.07) is 5.80. The van der Waals surface area contributed by atoms with E-state index in [0.29, 0.717) is 5.56 Å². The highest BCUT2D eigenvalue weighted by Crippen LogP contribution is 2.31. The molecule has 20 heavy (non-hydrogen) atoms. The molecule has 0 aliphatic carbocycles. The molecule has 108 valence electrons. The number of carboxylic acid groups (broad SMARTS) is 1. The Bertz CT molecular complexity index is 532. The third-order valence-corrected chi connectivity index (χ3v) is 4.03. The van der Waals surface area contributed by atoms with E-state index in [-0.39, 0.29) is 30.6 Å². The Morgan fingerprint density at radius 1 is 1.40 bits per heavy atom. The molecule has 5 heteroatoms. The zero-order chi connectivity index (χ0) is 14.9. The van der Waals surface area contributed by atoms with Gasteiger partial charge in [-0.25, -0.2) is 4.39 Å². The molecule has 1 fully saturated rings. The van der Waals surface area contributed by atoms with Crippen LogP contribution in [0.5, 0.6) is 0 Å². The van der Waals surface area contributed by atoms with Crippen molar-refractivity contribution in [2.75, 3.05) is 0 Å². The van der Waals surface area contributed by atoms with Crippen molar-refractivity contribution in [3.63, 3.8) is 0 Å². The highest BCUT2D eigenvalue weighted by Gasteiger charge is 2.41. The smallest absolute Gasteiger partial charge is 0.308 e. The van der Waals surface area contributed by atoms with Gasteiger partial charge in [-0.15, -0.1) is 0 Å². The van der Waals surface area contributed by atoms with Gasteiger partial charge in [0.1, 0.15) is 5.82 Å². The van der Waals surface area contributed by atoms with E-state index in [1.54, 1.807) is 32.0 Å². The average Bonchev–Trinajstić information content (AvgIpc) is 2.35. The number of benzene rings is 1. The fourth-order valence-corrected chi connectivity index (χ4v) is 2.91. The molecule has 1 aromatic rings. The number of likely N-dealkylation sites (tertiary alicyclic amines) is 1. The van der Waals surface area contributed by atoms with Gasteiger partial charge in [0.2, 0.25) is 5.91 Å². The first-order valence-electron chi connectivity index (χ1n) is 6.67. The first-order chi connectivity index (χ1) is 9.41. The van der Waals surface area contributed by atoms with Crippen LogP contribution in [-0.4, -0.2) is 27.9 Å². The Morgan fingerprint density at radius 2 is 2.05 bits per heavy atom. The molecule has 1 N–H and O–H groups in total. The molecule has 1 amide bonds. The Morgan fingerprint density at radius 3 is 2.65 bits per heavy atom. The molecule has 0 aromatic heterocycles. The van der Waals surface area contributed by atoms with Crippen LogP contribution in [0, 0.1) is 17.7 Å². The molecule has 3 atom stereocenters. The van der Waals surface area contributed by atoms with Crippen molar-refractivity contribution in [1.82, 2.24) is 4.90 Å². The second kappa shape index (κ2) is 5.61. The molecule has 0 bridgehead atoms. The number of rotatable bonds is 3. The highest BCUT2D eigenvalue weighted by molar-refractivity contribution is 5.81. The van der Waals surface area contributed by atoms with E-state index in [9.17, 15) is 19.1 Å². The molecule has 1 aromatic carbocycles. The summed E-state index contributed by atoms with van der Waals surface area (Å²) in [6.45, 7) is 3.60. The molecule has 1 saturated heterocycles. The van der Waals surface area contributed by atoms with E-state index in [1.165, 1.54) is 11.0 Å². The Labute approximate surface area is 117 Å². The van der Waals surface area contributed by atoms with Gasteiger partial charge in [-0.1, -0.05) is 25.1 Å². The number of halogens is 1. The normalized spacial score (nSPS) is 26.6. The highest BCUT2D eigenvalue weighted by atomic mass is 19.1. The second-order valence-corrected chi connectivity index (χ2v) is 5.40. The minimum Gasteiger partial charge on any atom is -0.481 e. The molecule has 0 spiro atoms. The Kier molecular flexibility index (Phi) is 4.06. The third kappa shape index (κ3) is 2.66. The number of piperidine rings is 1. The average molecular weight is 279 g/mol. The zero-order valence-electron chi connectivity index (χ0n) is 11.5. The van der Waals surface area contributed by atoms with E-state index >= 15 is 0 Å². The number of amides is 1. The van der Waals surface area contributed by atoms with Crippen LogP contribution in [0.3, 0.4) is 0 Å². The van der Waals surface area contributed by atoms with Crippen LogP contribution in [0.2, 0.25) is 0 Å². The Hall–Kier alpha value is -1.91. The van der Waals surface area contributed by atoms with Crippen molar-refractivity contribution in [3.8, 4) is 0 Å². The fourth-order valence-electron chi connectivity index (χ4n) is 2.91. The summed E-state index contributed by atoms with van der Waals surface area (Å²) in [5.74, 6) is -2.22. The molecule has 0 radical (unpaired) electrons. The zero-order valence-corrected chi connectivity index (χ0v) is 11.5. The van der Waals surface area contributed by atoms with Crippen LogP contribution >= 0.6 is 0 Å². The summed E-state index contributed by atoms with van der Waals surface area (Å²) >= 11 is 0. The molecule has 2 rings (SSSR count). The van der Waals surface area contributed by atoms with Crippen LogP contribution in [0.1, 0.15) is 25.8 Å². The Balaban J connectivity index is 2.24. The van der Waals surface area contributed by atoms with Gasteiger partial charge in [0.15, 0.2) is 0 Å². The number of aliphatic carboxylic acids is 1. The van der Waals surface area contributed by atoms with Crippen LogP contribution in [-0.2, 0) is 16.1 Å². The lowest BCUT2D eigenvalue weighted by atomic mass is 9.81. The van der Waals surface area contributed by atoms with Gasteiger partial charge in [-0.05, 0) is 18.9 Å². The summed E-state index contributed by atoms with van der Waals surface area (Å²) in [5, 5.41) is 9.29. The van der Waals surface area contributed by atoms with Gasteiger partial charge >= 0.3 is 5.97 Å². The number of carboxylic acids is 1. The number of hydrogen-bond donors (Lipinski definition) is 1. The lowest BCUT2D eigenvalue weighted by Crippen LogP contribution is -2.52. The first-order valence-corrected chi connectivity index (χ1v) is 6.67. The van der Waals surface area contributed by atoms with Gasteiger partial charge in [-0.2, -0.15) is 0 Å². The minimum atomic E-state index is -0.906. The summed E-state index contributed by atoms with van der Waals surface area (Å²) < 4.78 is 13.7. The monoisotopic (exact) mass is 279 g/mol.